The smallest absolute Gasteiger partial charge is 0.243 e. The molecule has 0 saturated heterocycles. The number of hydrogen-bond acceptors (Lipinski definition) is 2. The Morgan fingerprint density at radius 1 is 1.10 bits per heavy atom. The Hall–Kier alpha value is -2.33. The van der Waals surface area contributed by atoms with Crippen molar-refractivity contribution >= 4 is 23.4 Å². The maximum Gasteiger partial charge on any atom is 0.243 e. The topological polar surface area (TPSA) is 49.4 Å². The van der Waals surface area contributed by atoms with Crippen molar-refractivity contribution in [3.8, 4) is 0 Å². The molecular formula is C24H31ClN2O2. The van der Waals surface area contributed by atoms with Crippen molar-refractivity contribution < 1.29 is 9.59 Å². The Bertz CT molecular complexity index is 858. The first-order valence-electron chi connectivity index (χ1n) is 10.0. The van der Waals surface area contributed by atoms with E-state index in [0.717, 1.165) is 16.7 Å². The minimum Gasteiger partial charge on any atom is -0.350 e. The van der Waals surface area contributed by atoms with Gasteiger partial charge in [-0.3, -0.25) is 9.59 Å². The highest BCUT2D eigenvalue weighted by molar-refractivity contribution is 6.30. The van der Waals surface area contributed by atoms with Crippen LogP contribution in [0.15, 0.2) is 48.5 Å². The van der Waals surface area contributed by atoms with Crippen LogP contribution in [-0.4, -0.2) is 28.3 Å². The second-order valence-electron chi connectivity index (χ2n) is 8.42. The molecule has 2 amide bonds. The van der Waals surface area contributed by atoms with E-state index >= 15 is 0 Å². The summed E-state index contributed by atoms with van der Waals surface area (Å²) in [5.41, 5.74) is 2.60. The quantitative estimate of drug-likeness (QED) is 0.699. The first-order valence-corrected chi connectivity index (χ1v) is 10.4. The number of rotatable bonds is 7. The van der Waals surface area contributed by atoms with Gasteiger partial charge in [0, 0.05) is 17.1 Å². The Kier molecular flexibility index (Phi) is 7.86. The number of carbonyl (C=O) groups excluding carboxylic acids is 2. The summed E-state index contributed by atoms with van der Waals surface area (Å²) in [5.74, 6) is -0.223. The van der Waals surface area contributed by atoms with Crippen molar-refractivity contribution in [2.75, 3.05) is 0 Å². The minimum atomic E-state index is -0.541. The van der Waals surface area contributed by atoms with E-state index in [-0.39, 0.29) is 23.8 Å². The monoisotopic (exact) mass is 414 g/mol. The van der Waals surface area contributed by atoms with Crippen LogP contribution < -0.4 is 5.32 Å². The van der Waals surface area contributed by atoms with Crippen LogP contribution in [0.5, 0.6) is 0 Å². The highest BCUT2D eigenvalue weighted by Crippen LogP contribution is 2.19. The number of nitrogens with one attached hydrogen (secondary N) is 1. The molecule has 0 aliphatic carbocycles. The molecule has 0 bridgehead atoms. The number of nitrogens with zero attached hydrogens (tertiary/aromatic N) is 1. The van der Waals surface area contributed by atoms with E-state index in [0.29, 0.717) is 18.0 Å². The fraction of sp³-hybridized carbons (Fsp3) is 0.417. The number of amides is 2. The normalized spacial score (nSPS) is 12.3. The van der Waals surface area contributed by atoms with Crippen LogP contribution in [0, 0.1) is 6.92 Å². The summed E-state index contributed by atoms with van der Waals surface area (Å²) in [6.07, 6.45) is 0.737. The van der Waals surface area contributed by atoms with Gasteiger partial charge in [-0.15, -0.1) is 0 Å². The molecule has 0 heterocycles. The first kappa shape index (κ1) is 23.0. The predicted octanol–water partition coefficient (Wildman–Crippen LogP) is 4.91. The van der Waals surface area contributed by atoms with E-state index in [1.54, 1.807) is 17.0 Å². The molecule has 0 fully saturated rings. The molecule has 156 valence electrons. The van der Waals surface area contributed by atoms with E-state index in [2.05, 4.69) is 5.32 Å². The summed E-state index contributed by atoms with van der Waals surface area (Å²) in [7, 11) is 0. The SMILES string of the molecule is CC[C@@H](C(=O)NC(C)(C)C)N(Cc1ccccc1C)C(=O)Cc1cccc(Cl)c1. The van der Waals surface area contributed by atoms with Crippen LogP contribution in [0.25, 0.3) is 0 Å². The number of aryl methyl sites for hydroxylation is 1. The zero-order valence-corrected chi connectivity index (χ0v) is 18.7. The van der Waals surface area contributed by atoms with E-state index in [1.807, 2.05) is 71.0 Å². The second-order valence-corrected chi connectivity index (χ2v) is 8.85. The van der Waals surface area contributed by atoms with Crippen molar-refractivity contribution in [2.45, 2.75) is 65.6 Å². The molecule has 29 heavy (non-hydrogen) atoms. The van der Waals surface area contributed by atoms with E-state index in [9.17, 15) is 9.59 Å². The summed E-state index contributed by atoms with van der Waals surface area (Å²) in [6, 6.07) is 14.7. The average molecular weight is 415 g/mol. The largest absolute Gasteiger partial charge is 0.350 e. The van der Waals surface area contributed by atoms with Crippen LogP contribution in [-0.2, 0) is 22.6 Å². The van der Waals surface area contributed by atoms with Gasteiger partial charge in [-0.05, 0) is 62.9 Å². The molecule has 2 aromatic rings. The van der Waals surface area contributed by atoms with Gasteiger partial charge in [0.15, 0.2) is 0 Å². The molecule has 2 rings (SSSR count). The first-order chi connectivity index (χ1) is 13.6. The fourth-order valence-corrected chi connectivity index (χ4v) is 3.48. The maximum absolute atomic E-state index is 13.3. The highest BCUT2D eigenvalue weighted by atomic mass is 35.5. The number of carbonyl (C=O) groups is 2. The molecule has 0 aliphatic heterocycles. The van der Waals surface area contributed by atoms with Gasteiger partial charge in [-0.25, -0.2) is 0 Å². The highest BCUT2D eigenvalue weighted by Gasteiger charge is 2.30. The Labute approximate surface area is 179 Å². The number of hydrogen-bond donors (Lipinski definition) is 1. The Morgan fingerprint density at radius 3 is 2.38 bits per heavy atom. The molecule has 0 spiro atoms. The molecule has 0 saturated carbocycles. The van der Waals surface area contributed by atoms with Gasteiger partial charge >= 0.3 is 0 Å². The summed E-state index contributed by atoms with van der Waals surface area (Å²) in [4.78, 5) is 28.0. The molecule has 4 nitrogen and oxygen atoms in total. The number of benzene rings is 2. The predicted molar refractivity (Wildman–Crippen MR) is 119 cm³/mol. The molecule has 0 unspecified atom stereocenters. The zero-order chi connectivity index (χ0) is 21.6. The van der Waals surface area contributed by atoms with Gasteiger partial charge in [-0.1, -0.05) is 54.9 Å². The van der Waals surface area contributed by atoms with E-state index in [1.165, 1.54) is 0 Å². The lowest BCUT2D eigenvalue weighted by Gasteiger charge is -2.33. The van der Waals surface area contributed by atoms with Crippen molar-refractivity contribution in [3.05, 3.63) is 70.2 Å². The van der Waals surface area contributed by atoms with Gasteiger partial charge in [0.1, 0.15) is 6.04 Å². The van der Waals surface area contributed by atoms with Crippen LogP contribution in [0.3, 0.4) is 0 Å². The van der Waals surface area contributed by atoms with Crippen molar-refractivity contribution in [3.63, 3.8) is 0 Å². The fourth-order valence-electron chi connectivity index (χ4n) is 3.27. The van der Waals surface area contributed by atoms with Gasteiger partial charge < -0.3 is 10.2 Å². The Balaban J connectivity index is 2.34. The zero-order valence-electron chi connectivity index (χ0n) is 18.0. The lowest BCUT2D eigenvalue weighted by molar-refractivity contribution is -0.141. The minimum absolute atomic E-state index is 0.0913. The molecule has 1 atom stereocenters. The molecule has 0 aliphatic rings. The van der Waals surface area contributed by atoms with Crippen LogP contribution in [0.4, 0.5) is 0 Å². The van der Waals surface area contributed by atoms with Gasteiger partial charge in [0.2, 0.25) is 11.8 Å². The third kappa shape index (κ3) is 6.90. The molecule has 1 N–H and O–H groups in total. The molecule has 5 heteroatoms. The van der Waals surface area contributed by atoms with E-state index in [4.69, 9.17) is 11.6 Å². The van der Waals surface area contributed by atoms with Crippen molar-refractivity contribution in [1.82, 2.24) is 10.2 Å². The van der Waals surface area contributed by atoms with Crippen LogP contribution in [0.2, 0.25) is 5.02 Å². The standard InChI is InChI=1S/C24H31ClN2O2/c1-6-21(23(29)26-24(3,4)5)27(16-19-12-8-7-10-17(19)2)22(28)15-18-11-9-13-20(25)14-18/h7-14,21H,6,15-16H2,1-5H3,(H,26,29)/t21-/m0/s1. The van der Waals surface area contributed by atoms with Gasteiger partial charge in [-0.2, -0.15) is 0 Å². The third-order valence-electron chi connectivity index (χ3n) is 4.73. The third-order valence-corrected chi connectivity index (χ3v) is 4.97. The van der Waals surface area contributed by atoms with Crippen molar-refractivity contribution in [1.29, 1.82) is 0 Å². The Morgan fingerprint density at radius 2 is 1.79 bits per heavy atom. The van der Waals surface area contributed by atoms with E-state index < -0.39 is 6.04 Å². The van der Waals surface area contributed by atoms with Gasteiger partial charge in [0.25, 0.3) is 0 Å². The maximum atomic E-state index is 13.3. The summed E-state index contributed by atoms with van der Waals surface area (Å²) >= 11 is 6.08. The molecule has 0 aromatic heterocycles. The molecule has 2 aromatic carbocycles. The summed E-state index contributed by atoms with van der Waals surface area (Å²) < 4.78 is 0. The lowest BCUT2D eigenvalue weighted by Crippen LogP contribution is -2.53. The lowest BCUT2D eigenvalue weighted by atomic mass is 10.0. The second kappa shape index (κ2) is 9.93. The van der Waals surface area contributed by atoms with Gasteiger partial charge in [0.05, 0.1) is 6.42 Å². The van der Waals surface area contributed by atoms with Crippen LogP contribution in [0.1, 0.15) is 50.8 Å². The van der Waals surface area contributed by atoms with Crippen LogP contribution >= 0.6 is 11.6 Å². The summed E-state index contributed by atoms with van der Waals surface area (Å²) in [5, 5.41) is 3.62. The molecule has 0 radical (unpaired) electrons. The summed E-state index contributed by atoms with van der Waals surface area (Å²) in [6.45, 7) is 10.2. The van der Waals surface area contributed by atoms with Crippen molar-refractivity contribution in [2.24, 2.45) is 0 Å². The average Bonchev–Trinajstić information content (AvgIpc) is 2.61. The molecular weight excluding hydrogens is 384 g/mol. The number of halogens is 1.